The standard InChI is InChI=1S/C12H10BrN3O2/c13-7-3-11(17)16(5-7)8-1-2-10-9(4-8)12(18)15-6-14-10/h1-2,4,6-7H,3,5H2,(H,14,15,18). The van der Waals surface area contributed by atoms with Crippen molar-refractivity contribution in [3.05, 3.63) is 34.9 Å². The summed E-state index contributed by atoms with van der Waals surface area (Å²) in [5, 5.41) is 0.501. The number of carbonyl (C=O) groups excluding carboxylic acids is 1. The number of aromatic nitrogens is 2. The highest BCUT2D eigenvalue weighted by Gasteiger charge is 2.28. The Morgan fingerprint density at radius 3 is 2.94 bits per heavy atom. The lowest BCUT2D eigenvalue weighted by atomic mass is 10.2. The molecule has 1 N–H and O–H groups in total. The molecule has 1 amide bonds. The van der Waals surface area contributed by atoms with Crippen LogP contribution in [0.1, 0.15) is 6.42 Å². The third-order valence-electron chi connectivity index (χ3n) is 3.01. The molecule has 0 saturated carbocycles. The summed E-state index contributed by atoms with van der Waals surface area (Å²) in [5.74, 6) is 0.0662. The largest absolute Gasteiger partial charge is 0.313 e. The van der Waals surface area contributed by atoms with Crippen LogP contribution in [0, 0.1) is 0 Å². The van der Waals surface area contributed by atoms with Gasteiger partial charge in [-0.1, -0.05) is 15.9 Å². The summed E-state index contributed by atoms with van der Waals surface area (Å²) in [7, 11) is 0. The molecule has 1 atom stereocenters. The Balaban J connectivity index is 2.11. The predicted molar refractivity (Wildman–Crippen MR) is 72.0 cm³/mol. The summed E-state index contributed by atoms with van der Waals surface area (Å²) in [5.41, 5.74) is 1.18. The van der Waals surface area contributed by atoms with Crippen LogP contribution in [0.5, 0.6) is 0 Å². The molecule has 2 heterocycles. The Kier molecular flexibility index (Phi) is 2.66. The van der Waals surface area contributed by atoms with Crippen molar-refractivity contribution in [2.45, 2.75) is 11.2 Å². The average molecular weight is 308 g/mol. The molecular weight excluding hydrogens is 298 g/mol. The molecule has 3 rings (SSSR count). The molecule has 0 aliphatic carbocycles. The second kappa shape index (κ2) is 4.20. The molecule has 6 heteroatoms. The van der Waals surface area contributed by atoms with Gasteiger partial charge in [0.15, 0.2) is 0 Å². The molecule has 92 valence electrons. The normalized spacial score (nSPS) is 19.7. The van der Waals surface area contributed by atoms with Crippen LogP contribution >= 0.6 is 15.9 Å². The van der Waals surface area contributed by atoms with E-state index in [-0.39, 0.29) is 16.3 Å². The van der Waals surface area contributed by atoms with Crippen LogP contribution in [-0.2, 0) is 4.79 Å². The molecule has 18 heavy (non-hydrogen) atoms. The first kappa shape index (κ1) is 11.4. The van der Waals surface area contributed by atoms with Crippen LogP contribution in [0.4, 0.5) is 5.69 Å². The summed E-state index contributed by atoms with van der Waals surface area (Å²) >= 11 is 3.44. The number of carbonyl (C=O) groups is 1. The van der Waals surface area contributed by atoms with E-state index < -0.39 is 0 Å². The molecule has 5 nitrogen and oxygen atoms in total. The molecule has 1 aromatic heterocycles. The summed E-state index contributed by atoms with van der Waals surface area (Å²) < 4.78 is 0. The molecule has 1 aromatic carbocycles. The van der Waals surface area contributed by atoms with Gasteiger partial charge < -0.3 is 9.88 Å². The fraction of sp³-hybridized carbons (Fsp3) is 0.250. The number of hydrogen-bond acceptors (Lipinski definition) is 3. The highest BCUT2D eigenvalue weighted by atomic mass is 79.9. The van der Waals surface area contributed by atoms with E-state index in [1.165, 1.54) is 6.33 Å². The van der Waals surface area contributed by atoms with Crippen molar-refractivity contribution in [1.29, 1.82) is 0 Å². The minimum atomic E-state index is -0.191. The first-order valence-electron chi connectivity index (χ1n) is 5.57. The van der Waals surface area contributed by atoms with Crippen molar-refractivity contribution >= 4 is 38.4 Å². The number of rotatable bonds is 1. The van der Waals surface area contributed by atoms with Crippen LogP contribution in [0.25, 0.3) is 10.9 Å². The number of amides is 1. The first-order chi connectivity index (χ1) is 8.65. The highest BCUT2D eigenvalue weighted by Crippen LogP contribution is 2.26. The Labute approximate surface area is 111 Å². The maximum atomic E-state index is 11.8. The quantitative estimate of drug-likeness (QED) is 0.810. The second-order valence-corrected chi connectivity index (χ2v) is 5.53. The summed E-state index contributed by atoms with van der Waals surface area (Å²) in [6, 6.07) is 5.29. The molecule has 0 bridgehead atoms. The summed E-state index contributed by atoms with van der Waals surface area (Å²) in [6.07, 6.45) is 1.86. The number of alkyl halides is 1. The SMILES string of the molecule is O=C1CC(Br)CN1c1ccc2nc[nH]c(=O)c2c1. The number of hydrogen-bond donors (Lipinski definition) is 1. The second-order valence-electron chi connectivity index (χ2n) is 4.24. The van der Waals surface area contributed by atoms with E-state index in [4.69, 9.17) is 0 Å². The molecule has 1 aliphatic rings. The van der Waals surface area contributed by atoms with E-state index in [2.05, 4.69) is 25.9 Å². The molecule has 0 radical (unpaired) electrons. The smallest absolute Gasteiger partial charge is 0.258 e. The zero-order chi connectivity index (χ0) is 12.7. The fourth-order valence-electron chi connectivity index (χ4n) is 2.14. The number of nitrogens with zero attached hydrogens (tertiary/aromatic N) is 2. The molecule has 2 aromatic rings. The van der Waals surface area contributed by atoms with Gasteiger partial charge in [0.2, 0.25) is 5.91 Å². The van der Waals surface area contributed by atoms with Crippen molar-refractivity contribution in [2.75, 3.05) is 11.4 Å². The van der Waals surface area contributed by atoms with Crippen LogP contribution in [0.2, 0.25) is 0 Å². The zero-order valence-electron chi connectivity index (χ0n) is 9.39. The predicted octanol–water partition coefficient (Wildman–Crippen LogP) is 1.42. The van der Waals surface area contributed by atoms with Gasteiger partial charge in [-0.05, 0) is 18.2 Å². The number of nitrogens with one attached hydrogen (secondary N) is 1. The lowest BCUT2D eigenvalue weighted by molar-refractivity contribution is -0.117. The molecule has 1 unspecified atom stereocenters. The van der Waals surface area contributed by atoms with Crippen molar-refractivity contribution < 1.29 is 4.79 Å². The Hall–Kier alpha value is -1.69. The van der Waals surface area contributed by atoms with Gasteiger partial charge in [0, 0.05) is 23.5 Å². The van der Waals surface area contributed by atoms with E-state index in [1.807, 2.05) is 6.07 Å². The Morgan fingerprint density at radius 1 is 1.39 bits per heavy atom. The van der Waals surface area contributed by atoms with Gasteiger partial charge in [0.1, 0.15) is 0 Å². The summed E-state index contributed by atoms with van der Waals surface area (Å²) in [6.45, 7) is 0.627. The topological polar surface area (TPSA) is 66.1 Å². The number of fused-ring (bicyclic) bond motifs is 1. The zero-order valence-corrected chi connectivity index (χ0v) is 11.0. The van der Waals surface area contributed by atoms with Gasteiger partial charge in [0.05, 0.1) is 17.2 Å². The number of anilines is 1. The van der Waals surface area contributed by atoms with Crippen molar-refractivity contribution in [3.8, 4) is 0 Å². The van der Waals surface area contributed by atoms with Gasteiger partial charge in [-0.25, -0.2) is 4.98 Å². The lowest BCUT2D eigenvalue weighted by Gasteiger charge is -2.16. The monoisotopic (exact) mass is 307 g/mol. The van der Waals surface area contributed by atoms with Crippen molar-refractivity contribution in [1.82, 2.24) is 9.97 Å². The van der Waals surface area contributed by atoms with Gasteiger partial charge in [-0.2, -0.15) is 0 Å². The average Bonchev–Trinajstić information content (AvgIpc) is 2.69. The van der Waals surface area contributed by atoms with Crippen LogP contribution in [-0.4, -0.2) is 27.2 Å². The first-order valence-corrected chi connectivity index (χ1v) is 6.48. The maximum absolute atomic E-state index is 11.8. The minimum Gasteiger partial charge on any atom is -0.313 e. The van der Waals surface area contributed by atoms with E-state index in [1.54, 1.807) is 17.0 Å². The molecule has 1 aliphatic heterocycles. The number of benzene rings is 1. The van der Waals surface area contributed by atoms with E-state index in [0.29, 0.717) is 23.9 Å². The lowest BCUT2D eigenvalue weighted by Crippen LogP contribution is -2.24. The molecular formula is C12H10BrN3O2. The molecule has 1 saturated heterocycles. The minimum absolute atomic E-state index is 0.0662. The van der Waals surface area contributed by atoms with Gasteiger partial charge in [0.25, 0.3) is 5.56 Å². The summed E-state index contributed by atoms with van der Waals surface area (Å²) in [4.78, 5) is 32.0. The van der Waals surface area contributed by atoms with Crippen LogP contribution in [0.3, 0.4) is 0 Å². The van der Waals surface area contributed by atoms with E-state index >= 15 is 0 Å². The highest BCUT2D eigenvalue weighted by molar-refractivity contribution is 9.09. The third-order valence-corrected chi connectivity index (χ3v) is 3.63. The van der Waals surface area contributed by atoms with Gasteiger partial charge in [-0.3, -0.25) is 9.59 Å². The number of aromatic amines is 1. The van der Waals surface area contributed by atoms with Crippen molar-refractivity contribution in [2.24, 2.45) is 0 Å². The van der Waals surface area contributed by atoms with Gasteiger partial charge in [-0.15, -0.1) is 0 Å². The van der Waals surface area contributed by atoms with Gasteiger partial charge >= 0.3 is 0 Å². The van der Waals surface area contributed by atoms with Crippen LogP contribution < -0.4 is 10.5 Å². The Morgan fingerprint density at radius 2 is 2.22 bits per heavy atom. The van der Waals surface area contributed by atoms with E-state index in [0.717, 1.165) is 5.69 Å². The van der Waals surface area contributed by atoms with E-state index in [9.17, 15) is 9.59 Å². The maximum Gasteiger partial charge on any atom is 0.258 e. The number of halogens is 1. The Bertz CT molecular complexity index is 682. The third kappa shape index (κ3) is 1.82. The van der Waals surface area contributed by atoms with Crippen molar-refractivity contribution in [3.63, 3.8) is 0 Å². The fourth-order valence-corrected chi connectivity index (χ4v) is 2.70. The van der Waals surface area contributed by atoms with Crippen LogP contribution in [0.15, 0.2) is 29.3 Å². The molecule has 1 fully saturated rings. The number of H-pyrrole nitrogens is 1. The molecule has 0 spiro atoms.